The molecular weight excluding hydrogens is 150 g/mol. The van der Waals surface area contributed by atoms with Crippen LogP contribution in [0, 0.1) is 11.3 Å². The normalized spacial score (nSPS) is 11.5. The highest BCUT2D eigenvalue weighted by atomic mass is 35.5. The second-order valence-corrected chi connectivity index (χ2v) is 2.26. The van der Waals surface area contributed by atoms with Gasteiger partial charge in [0.2, 0.25) is 0 Å². The van der Waals surface area contributed by atoms with Crippen molar-refractivity contribution in [3.8, 4) is 0 Å². The van der Waals surface area contributed by atoms with E-state index in [2.05, 4.69) is 6.92 Å². The van der Waals surface area contributed by atoms with Crippen LogP contribution in [0.4, 0.5) is 0 Å². The second-order valence-electron chi connectivity index (χ2n) is 2.26. The first-order valence-electron chi connectivity index (χ1n) is 3.34. The topological polar surface area (TPSA) is 33.1 Å². The largest absolute Gasteiger partial charge is 0.484 e. The summed E-state index contributed by atoms with van der Waals surface area (Å²) in [5.74, 6) is 0.692. The van der Waals surface area contributed by atoms with Crippen LogP contribution in [-0.2, 0) is 4.74 Å². The molecule has 0 bridgehead atoms. The molecule has 0 unspecified atom stereocenters. The van der Waals surface area contributed by atoms with Gasteiger partial charge in [0.15, 0.2) is 5.90 Å². The minimum absolute atomic E-state index is 0. The highest BCUT2D eigenvalue weighted by Crippen LogP contribution is 2.05. The highest BCUT2D eigenvalue weighted by molar-refractivity contribution is 5.85. The Bertz CT molecular complexity index is 95.6. The summed E-state index contributed by atoms with van der Waals surface area (Å²) >= 11 is 0. The van der Waals surface area contributed by atoms with Crippen molar-refractivity contribution in [3.63, 3.8) is 0 Å². The van der Waals surface area contributed by atoms with E-state index in [0.29, 0.717) is 11.8 Å². The Kier molecular flexibility index (Phi) is 8.55. The Morgan fingerprint density at radius 3 is 2.40 bits per heavy atom. The lowest BCUT2D eigenvalue weighted by atomic mass is 10.1. The minimum atomic E-state index is 0. The average Bonchev–Trinajstić information content (AvgIpc) is 1.87. The van der Waals surface area contributed by atoms with Crippen LogP contribution in [0.5, 0.6) is 0 Å². The molecule has 0 radical (unpaired) electrons. The summed E-state index contributed by atoms with van der Waals surface area (Å²) in [7, 11) is 1.55. The molecule has 2 nitrogen and oxygen atoms in total. The van der Waals surface area contributed by atoms with Crippen molar-refractivity contribution in [2.75, 3.05) is 7.11 Å². The van der Waals surface area contributed by atoms with Crippen LogP contribution in [0.3, 0.4) is 0 Å². The summed E-state index contributed by atoms with van der Waals surface area (Å²) in [6.45, 7) is 4.12. The predicted molar refractivity (Wildman–Crippen MR) is 46.1 cm³/mol. The van der Waals surface area contributed by atoms with Crippen LogP contribution >= 0.6 is 12.4 Å². The van der Waals surface area contributed by atoms with E-state index in [1.54, 1.807) is 7.11 Å². The van der Waals surface area contributed by atoms with Gasteiger partial charge in [-0.3, -0.25) is 5.41 Å². The number of hydrogen-bond acceptors (Lipinski definition) is 2. The van der Waals surface area contributed by atoms with Gasteiger partial charge in [-0.1, -0.05) is 20.3 Å². The van der Waals surface area contributed by atoms with Gasteiger partial charge >= 0.3 is 0 Å². The summed E-state index contributed by atoms with van der Waals surface area (Å²) in [6.07, 6.45) is 2.17. The third-order valence-corrected chi connectivity index (χ3v) is 1.39. The van der Waals surface area contributed by atoms with Crippen molar-refractivity contribution in [1.29, 1.82) is 5.41 Å². The number of rotatable bonds is 3. The molecule has 1 N–H and O–H groups in total. The molecular formula is C7H16ClNO. The van der Waals surface area contributed by atoms with E-state index in [-0.39, 0.29) is 12.4 Å². The van der Waals surface area contributed by atoms with Crippen molar-refractivity contribution in [1.82, 2.24) is 0 Å². The Morgan fingerprint density at radius 2 is 2.10 bits per heavy atom. The van der Waals surface area contributed by atoms with Crippen molar-refractivity contribution in [2.45, 2.75) is 26.7 Å². The van der Waals surface area contributed by atoms with Gasteiger partial charge in [-0.2, -0.15) is 0 Å². The zero-order chi connectivity index (χ0) is 7.28. The lowest BCUT2D eigenvalue weighted by molar-refractivity contribution is 0.360. The molecule has 0 saturated heterocycles. The molecule has 0 fully saturated rings. The number of methoxy groups -OCH3 is 1. The van der Waals surface area contributed by atoms with E-state index in [9.17, 15) is 0 Å². The molecule has 0 rings (SSSR count). The fourth-order valence-electron chi connectivity index (χ4n) is 0.765. The number of hydrogen-bond donors (Lipinski definition) is 1. The molecule has 0 spiro atoms. The predicted octanol–water partition coefficient (Wildman–Crippen LogP) is 2.47. The summed E-state index contributed by atoms with van der Waals surface area (Å²) in [4.78, 5) is 0. The molecule has 10 heavy (non-hydrogen) atoms. The summed E-state index contributed by atoms with van der Waals surface area (Å²) in [5.41, 5.74) is 0. The van der Waals surface area contributed by atoms with Gasteiger partial charge in [0.05, 0.1) is 7.11 Å². The fraction of sp³-hybridized carbons (Fsp3) is 0.857. The molecule has 0 saturated carbocycles. The summed E-state index contributed by atoms with van der Waals surface area (Å²) in [5, 5.41) is 7.22. The maximum absolute atomic E-state index is 7.22. The molecule has 3 heteroatoms. The maximum Gasteiger partial charge on any atom is 0.182 e. The third kappa shape index (κ3) is 4.62. The Labute approximate surface area is 68.9 Å². The second kappa shape index (κ2) is 6.87. The maximum atomic E-state index is 7.22. The van der Waals surface area contributed by atoms with Gasteiger partial charge in [0, 0.05) is 5.92 Å². The number of nitrogens with one attached hydrogen (secondary N) is 1. The molecule has 0 aliphatic heterocycles. The molecule has 0 aliphatic carbocycles. The van der Waals surface area contributed by atoms with Gasteiger partial charge in [0.1, 0.15) is 0 Å². The van der Waals surface area contributed by atoms with E-state index in [1.165, 1.54) is 0 Å². The quantitative estimate of drug-likeness (QED) is 0.506. The molecule has 0 aromatic carbocycles. The van der Waals surface area contributed by atoms with Crippen LogP contribution in [0.2, 0.25) is 0 Å². The molecule has 0 aromatic rings. The van der Waals surface area contributed by atoms with E-state index >= 15 is 0 Å². The van der Waals surface area contributed by atoms with E-state index in [4.69, 9.17) is 10.1 Å². The standard InChI is InChI=1S/C7H15NO.ClH/c1-4-5-6(2)7(8)9-3;/h6,8H,4-5H2,1-3H3;1H/t6-;/m1./s1. The van der Waals surface area contributed by atoms with Gasteiger partial charge in [-0.25, -0.2) is 0 Å². The monoisotopic (exact) mass is 165 g/mol. The lowest BCUT2D eigenvalue weighted by Gasteiger charge is -2.08. The van der Waals surface area contributed by atoms with E-state index < -0.39 is 0 Å². The average molecular weight is 166 g/mol. The van der Waals surface area contributed by atoms with Crippen LogP contribution in [0.1, 0.15) is 26.7 Å². The van der Waals surface area contributed by atoms with Crippen molar-refractivity contribution >= 4 is 18.3 Å². The van der Waals surface area contributed by atoms with Gasteiger partial charge in [-0.05, 0) is 6.42 Å². The van der Waals surface area contributed by atoms with Crippen LogP contribution < -0.4 is 0 Å². The van der Waals surface area contributed by atoms with Gasteiger partial charge in [-0.15, -0.1) is 12.4 Å². The SMILES string of the molecule is CCC[C@@H](C)C(=N)OC.Cl. The molecule has 0 aromatic heterocycles. The van der Waals surface area contributed by atoms with Crippen molar-refractivity contribution in [3.05, 3.63) is 0 Å². The van der Waals surface area contributed by atoms with E-state index in [1.807, 2.05) is 6.92 Å². The first kappa shape index (κ1) is 12.4. The van der Waals surface area contributed by atoms with Gasteiger partial charge in [0.25, 0.3) is 0 Å². The van der Waals surface area contributed by atoms with Crippen molar-refractivity contribution in [2.24, 2.45) is 5.92 Å². The number of ether oxygens (including phenoxy) is 1. The van der Waals surface area contributed by atoms with Crippen LogP contribution in [-0.4, -0.2) is 13.0 Å². The molecule has 0 amide bonds. The summed E-state index contributed by atoms with van der Waals surface area (Å²) in [6, 6.07) is 0. The molecule has 1 atom stereocenters. The van der Waals surface area contributed by atoms with Crippen molar-refractivity contribution < 1.29 is 4.74 Å². The van der Waals surface area contributed by atoms with Gasteiger partial charge < -0.3 is 4.74 Å². The zero-order valence-electron chi connectivity index (χ0n) is 6.81. The molecule has 0 heterocycles. The smallest absolute Gasteiger partial charge is 0.182 e. The Morgan fingerprint density at radius 1 is 1.60 bits per heavy atom. The van der Waals surface area contributed by atoms with Crippen LogP contribution in [0.15, 0.2) is 0 Å². The summed E-state index contributed by atoms with van der Waals surface area (Å²) < 4.78 is 4.75. The lowest BCUT2D eigenvalue weighted by Crippen LogP contribution is -2.10. The fourth-order valence-corrected chi connectivity index (χ4v) is 0.765. The Balaban J connectivity index is 0. The minimum Gasteiger partial charge on any atom is -0.484 e. The number of halogens is 1. The first-order valence-corrected chi connectivity index (χ1v) is 3.34. The molecule has 0 aliphatic rings. The highest BCUT2D eigenvalue weighted by Gasteiger charge is 2.05. The Hall–Kier alpha value is -0.240. The zero-order valence-corrected chi connectivity index (χ0v) is 7.62. The molecule has 62 valence electrons. The van der Waals surface area contributed by atoms with E-state index in [0.717, 1.165) is 12.8 Å². The third-order valence-electron chi connectivity index (χ3n) is 1.39. The van der Waals surface area contributed by atoms with Crippen LogP contribution in [0.25, 0.3) is 0 Å². The first-order chi connectivity index (χ1) is 4.22.